The number of nitro groups is 1. The fourth-order valence-corrected chi connectivity index (χ4v) is 3.60. The zero-order chi connectivity index (χ0) is 21.1. The molecule has 7 heteroatoms. The van der Waals surface area contributed by atoms with Gasteiger partial charge in [0, 0.05) is 36.3 Å². The second-order valence-electron chi connectivity index (χ2n) is 7.09. The molecule has 0 aromatic heterocycles. The first-order valence-corrected chi connectivity index (χ1v) is 9.51. The van der Waals surface area contributed by atoms with E-state index in [0.717, 1.165) is 11.1 Å². The predicted octanol–water partition coefficient (Wildman–Crippen LogP) is 3.80. The first kappa shape index (κ1) is 19.3. The number of nitrogens with zero attached hydrogens (tertiary/aromatic N) is 2. The van der Waals surface area contributed by atoms with Crippen molar-refractivity contribution in [2.75, 3.05) is 5.32 Å². The molecule has 1 aliphatic heterocycles. The van der Waals surface area contributed by atoms with E-state index < -0.39 is 11.0 Å². The maximum atomic E-state index is 13.2. The number of fused-ring (bicyclic) bond motifs is 1. The summed E-state index contributed by atoms with van der Waals surface area (Å²) in [6, 6.07) is 21.8. The molecule has 3 aromatic rings. The van der Waals surface area contributed by atoms with Gasteiger partial charge in [-0.3, -0.25) is 19.7 Å². The second-order valence-corrected chi connectivity index (χ2v) is 7.09. The van der Waals surface area contributed by atoms with E-state index in [1.807, 2.05) is 48.5 Å². The Hall–Kier alpha value is -4.00. The summed E-state index contributed by atoms with van der Waals surface area (Å²) in [6.07, 6.45) is 0.360. The van der Waals surface area contributed by atoms with Gasteiger partial charge in [-0.25, -0.2) is 0 Å². The van der Waals surface area contributed by atoms with Crippen LogP contribution in [0.2, 0.25) is 0 Å². The molecule has 0 bridgehead atoms. The highest BCUT2D eigenvalue weighted by Gasteiger charge is 2.36. The number of nitro benzene ring substituents is 1. The number of hydrogen-bond donors (Lipinski definition) is 1. The highest BCUT2D eigenvalue weighted by atomic mass is 16.6. The van der Waals surface area contributed by atoms with Gasteiger partial charge in [-0.2, -0.15) is 0 Å². The van der Waals surface area contributed by atoms with E-state index in [2.05, 4.69) is 5.32 Å². The third kappa shape index (κ3) is 3.91. The molecule has 2 amide bonds. The third-order valence-corrected chi connectivity index (χ3v) is 5.15. The molecule has 1 heterocycles. The van der Waals surface area contributed by atoms with Gasteiger partial charge in [0.05, 0.1) is 4.92 Å². The summed E-state index contributed by atoms with van der Waals surface area (Å²) in [4.78, 5) is 38.1. The van der Waals surface area contributed by atoms with Crippen molar-refractivity contribution in [2.24, 2.45) is 0 Å². The summed E-state index contributed by atoms with van der Waals surface area (Å²) in [5.74, 6) is -0.515. The van der Waals surface area contributed by atoms with Crippen molar-refractivity contribution in [3.8, 4) is 0 Å². The number of non-ortho nitro benzene ring substituents is 1. The molecule has 0 fully saturated rings. The largest absolute Gasteiger partial charge is 0.324 e. The Labute approximate surface area is 173 Å². The van der Waals surface area contributed by atoms with E-state index in [-0.39, 0.29) is 17.5 Å². The van der Waals surface area contributed by atoms with Crippen molar-refractivity contribution < 1.29 is 14.5 Å². The lowest BCUT2D eigenvalue weighted by atomic mass is 10.0. The summed E-state index contributed by atoms with van der Waals surface area (Å²) >= 11 is 0. The summed E-state index contributed by atoms with van der Waals surface area (Å²) in [5, 5.41) is 13.6. The first-order valence-electron chi connectivity index (χ1n) is 9.51. The van der Waals surface area contributed by atoms with Crippen LogP contribution in [0.5, 0.6) is 0 Å². The van der Waals surface area contributed by atoms with Gasteiger partial charge in [0.25, 0.3) is 11.6 Å². The van der Waals surface area contributed by atoms with E-state index in [0.29, 0.717) is 24.2 Å². The van der Waals surface area contributed by atoms with Gasteiger partial charge >= 0.3 is 0 Å². The average Bonchev–Trinajstić information content (AvgIpc) is 3.09. The molecule has 0 saturated carbocycles. The van der Waals surface area contributed by atoms with E-state index in [1.165, 1.54) is 24.3 Å². The van der Waals surface area contributed by atoms with Crippen molar-refractivity contribution in [2.45, 2.75) is 19.0 Å². The van der Waals surface area contributed by atoms with Crippen LogP contribution in [0, 0.1) is 10.1 Å². The summed E-state index contributed by atoms with van der Waals surface area (Å²) in [5.41, 5.74) is 2.82. The molecular formula is C23H19N3O4. The fourth-order valence-electron chi connectivity index (χ4n) is 3.60. The van der Waals surface area contributed by atoms with Crippen LogP contribution in [0.3, 0.4) is 0 Å². The highest BCUT2D eigenvalue weighted by molar-refractivity contribution is 6.03. The standard InChI is InChI=1S/C23H19N3O4/c27-22(24-18-10-12-19(13-11-18)26(29)30)21(14-16-6-2-1-3-7-16)25-15-17-8-4-5-9-20(17)23(25)28/h1-13,21H,14-15H2,(H,24,27). The van der Waals surface area contributed by atoms with Gasteiger partial charge in [-0.15, -0.1) is 0 Å². The van der Waals surface area contributed by atoms with Crippen LogP contribution < -0.4 is 5.32 Å². The molecule has 0 spiro atoms. The Morgan fingerprint density at radius 2 is 1.67 bits per heavy atom. The molecule has 30 heavy (non-hydrogen) atoms. The average molecular weight is 401 g/mol. The van der Waals surface area contributed by atoms with Crippen molar-refractivity contribution in [3.63, 3.8) is 0 Å². The molecule has 4 rings (SSSR count). The van der Waals surface area contributed by atoms with E-state index in [9.17, 15) is 19.7 Å². The smallest absolute Gasteiger partial charge is 0.269 e. The van der Waals surface area contributed by atoms with E-state index in [4.69, 9.17) is 0 Å². The van der Waals surface area contributed by atoms with Crippen LogP contribution in [0.15, 0.2) is 78.9 Å². The maximum absolute atomic E-state index is 13.2. The van der Waals surface area contributed by atoms with Gasteiger partial charge in [0.2, 0.25) is 5.91 Å². The van der Waals surface area contributed by atoms with Crippen molar-refractivity contribution >= 4 is 23.2 Å². The molecule has 0 radical (unpaired) electrons. The normalized spacial score (nSPS) is 13.6. The molecule has 1 atom stereocenters. The summed E-state index contributed by atoms with van der Waals surface area (Å²) in [7, 11) is 0. The molecule has 7 nitrogen and oxygen atoms in total. The van der Waals surface area contributed by atoms with Crippen molar-refractivity contribution in [3.05, 3.63) is 106 Å². The molecule has 1 N–H and O–H groups in total. The highest BCUT2D eigenvalue weighted by Crippen LogP contribution is 2.26. The SMILES string of the molecule is O=C(Nc1ccc([N+](=O)[O-])cc1)C(Cc1ccccc1)N1Cc2ccccc2C1=O. The number of carbonyl (C=O) groups is 2. The number of nitrogens with one attached hydrogen (secondary N) is 1. The summed E-state index contributed by atoms with van der Waals surface area (Å²) in [6.45, 7) is 0.361. The van der Waals surface area contributed by atoms with Crippen LogP contribution in [0.25, 0.3) is 0 Å². The molecule has 3 aromatic carbocycles. The molecule has 1 aliphatic rings. The number of amides is 2. The monoisotopic (exact) mass is 401 g/mol. The van der Waals surface area contributed by atoms with Gasteiger partial charge < -0.3 is 10.2 Å². The maximum Gasteiger partial charge on any atom is 0.269 e. The Kier molecular flexibility index (Phi) is 5.26. The van der Waals surface area contributed by atoms with Crippen molar-refractivity contribution in [1.29, 1.82) is 0 Å². The Bertz CT molecular complexity index is 1100. The molecule has 150 valence electrons. The number of carbonyl (C=O) groups excluding carboxylic acids is 2. The minimum atomic E-state index is -0.720. The quantitative estimate of drug-likeness (QED) is 0.502. The van der Waals surface area contributed by atoms with Crippen LogP contribution in [0.4, 0.5) is 11.4 Å². The van der Waals surface area contributed by atoms with Crippen LogP contribution in [-0.4, -0.2) is 27.7 Å². The molecule has 1 unspecified atom stereocenters. The minimum Gasteiger partial charge on any atom is -0.324 e. The van der Waals surface area contributed by atoms with Crippen LogP contribution in [0.1, 0.15) is 21.5 Å². The lowest BCUT2D eigenvalue weighted by molar-refractivity contribution is -0.384. The Morgan fingerprint density at radius 1 is 1.00 bits per heavy atom. The second kappa shape index (κ2) is 8.16. The van der Waals surface area contributed by atoms with Gasteiger partial charge in [-0.1, -0.05) is 48.5 Å². The predicted molar refractivity (Wildman–Crippen MR) is 112 cm³/mol. The number of anilines is 1. The molecule has 0 aliphatic carbocycles. The van der Waals surface area contributed by atoms with Crippen LogP contribution in [-0.2, 0) is 17.8 Å². The summed E-state index contributed by atoms with van der Waals surface area (Å²) < 4.78 is 0. The first-order chi connectivity index (χ1) is 14.5. The zero-order valence-corrected chi connectivity index (χ0v) is 16.0. The zero-order valence-electron chi connectivity index (χ0n) is 16.0. The van der Waals surface area contributed by atoms with Gasteiger partial charge in [0.15, 0.2) is 0 Å². The fraction of sp³-hybridized carbons (Fsp3) is 0.130. The van der Waals surface area contributed by atoms with E-state index >= 15 is 0 Å². The van der Waals surface area contributed by atoms with Gasteiger partial charge in [0.1, 0.15) is 6.04 Å². The lowest BCUT2D eigenvalue weighted by Gasteiger charge is -2.27. The van der Waals surface area contributed by atoms with E-state index in [1.54, 1.807) is 11.0 Å². The number of rotatable bonds is 6. The minimum absolute atomic E-state index is 0.0565. The number of benzene rings is 3. The number of hydrogen-bond acceptors (Lipinski definition) is 4. The lowest BCUT2D eigenvalue weighted by Crippen LogP contribution is -2.45. The Balaban J connectivity index is 1.59. The van der Waals surface area contributed by atoms with Gasteiger partial charge in [-0.05, 0) is 29.3 Å². The molecule has 0 saturated heterocycles. The topological polar surface area (TPSA) is 92.5 Å². The Morgan fingerprint density at radius 3 is 2.33 bits per heavy atom. The molecular weight excluding hydrogens is 382 g/mol. The third-order valence-electron chi connectivity index (χ3n) is 5.15. The van der Waals surface area contributed by atoms with Crippen molar-refractivity contribution in [1.82, 2.24) is 4.90 Å². The van der Waals surface area contributed by atoms with Crippen LogP contribution >= 0.6 is 0 Å².